The lowest BCUT2D eigenvalue weighted by Gasteiger charge is -2.14. The van der Waals surface area contributed by atoms with Crippen molar-refractivity contribution in [3.63, 3.8) is 0 Å². The Hall–Kier alpha value is -0.120. The number of hydrogen-bond donors (Lipinski definition) is 2. The fourth-order valence-corrected chi connectivity index (χ4v) is 1.51. The van der Waals surface area contributed by atoms with Gasteiger partial charge in [-0.1, -0.05) is 33.1 Å². The lowest BCUT2D eigenvalue weighted by atomic mass is 10.2. The summed E-state index contributed by atoms with van der Waals surface area (Å²) < 4.78 is 5.51. The fraction of sp³-hybridized carbons (Fsp3) is 1.00. The molecule has 0 aromatic rings. The van der Waals surface area contributed by atoms with Gasteiger partial charge in [-0.2, -0.15) is 0 Å². The third kappa shape index (κ3) is 10.2. The average Bonchev–Trinajstić information content (AvgIpc) is 2.26. The van der Waals surface area contributed by atoms with E-state index < -0.39 is 0 Å². The maximum atomic E-state index is 9.01. The van der Waals surface area contributed by atoms with Gasteiger partial charge < -0.3 is 15.2 Å². The molecule has 0 aromatic heterocycles. The summed E-state index contributed by atoms with van der Waals surface area (Å²) in [7, 11) is 0. The Kier molecular flexibility index (Phi) is 11.9. The van der Waals surface area contributed by atoms with Gasteiger partial charge in [-0.25, -0.2) is 0 Å². The first-order valence-corrected chi connectivity index (χ1v) is 6.27. The maximum absolute atomic E-state index is 9.01. The Morgan fingerprint density at radius 2 is 1.93 bits per heavy atom. The van der Waals surface area contributed by atoms with Crippen molar-refractivity contribution in [1.29, 1.82) is 0 Å². The summed E-state index contributed by atoms with van der Waals surface area (Å²) in [5.74, 6) is 0. The molecule has 15 heavy (non-hydrogen) atoms. The molecule has 0 amide bonds. The largest absolute Gasteiger partial charge is 0.395 e. The molecule has 0 aliphatic heterocycles. The molecule has 0 aliphatic carbocycles. The topological polar surface area (TPSA) is 41.5 Å². The van der Waals surface area contributed by atoms with Gasteiger partial charge in [-0.05, 0) is 19.4 Å². The van der Waals surface area contributed by atoms with Crippen LogP contribution in [-0.2, 0) is 4.74 Å². The predicted octanol–water partition coefficient (Wildman–Crippen LogP) is 1.94. The number of hydrogen-bond acceptors (Lipinski definition) is 3. The number of ether oxygens (including phenoxy) is 1. The Labute approximate surface area is 94.2 Å². The van der Waals surface area contributed by atoms with Crippen molar-refractivity contribution in [2.75, 3.05) is 26.4 Å². The van der Waals surface area contributed by atoms with E-state index in [0.717, 1.165) is 26.2 Å². The van der Waals surface area contributed by atoms with E-state index in [-0.39, 0.29) is 12.6 Å². The molecule has 0 aliphatic rings. The van der Waals surface area contributed by atoms with Crippen molar-refractivity contribution in [2.24, 2.45) is 0 Å². The summed E-state index contributed by atoms with van der Waals surface area (Å²) >= 11 is 0. The van der Waals surface area contributed by atoms with Crippen LogP contribution in [0.4, 0.5) is 0 Å². The molecule has 1 atom stereocenters. The molecule has 0 bridgehead atoms. The average molecular weight is 217 g/mol. The summed E-state index contributed by atoms with van der Waals surface area (Å²) in [6, 6.07) is 0.200. The first-order valence-electron chi connectivity index (χ1n) is 6.27. The molecule has 0 spiro atoms. The lowest BCUT2D eigenvalue weighted by Crippen LogP contribution is -2.33. The highest BCUT2D eigenvalue weighted by Gasteiger charge is 2.04. The van der Waals surface area contributed by atoms with E-state index in [9.17, 15) is 0 Å². The predicted molar refractivity (Wildman–Crippen MR) is 64.1 cm³/mol. The van der Waals surface area contributed by atoms with Crippen molar-refractivity contribution in [2.45, 2.75) is 52.0 Å². The highest BCUT2D eigenvalue weighted by atomic mass is 16.5. The number of nitrogens with one attached hydrogen (secondary N) is 1. The Morgan fingerprint density at radius 3 is 2.53 bits per heavy atom. The minimum atomic E-state index is 0.200. The molecule has 2 N–H and O–H groups in total. The lowest BCUT2D eigenvalue weighted by molar-refractivity contribution is 0.111. The van der Waals surface area contributed by atoms with Gasteiger partial charge in [-0.3, -0.25) is 0 Å². The number of likely N-dealkylation sites (N-methyl/N-ethyl adjacent to an activating group) is 1. The minimum Gasteiger partial charge on any atom is -0.395 e. The van der Waals surface area contributed by atoms with Crippen LogP contribution in [0.1, 0.15) is 46.0 Å². The van der Waals surface area contributed by atoms with E-state index >= 15 is 0 Å². The van der Waals surface area contributed by atoms with E-state index in [2.05, 4.69) is 12.2 Å². The van der Waals surface area contributed by atoms with Crippen LogP contribution in [0.3, 0.4) is 0 Å². The molecular formula is C12H27NO2. The smallest absolute Gasteiger partial charge is 0.0585 e. The molecule has 0 saturated carbocycles. The van der Waals surface area contributed by atoms with Crippen LogP contribution in [0.2, 0.25) is 0 Å². The Morgan fingerprint density at radius 1 is 1.13 bits per heavy atom. The molecule has 0 aromatic carbocycles. The van der Waals surface area contributed by atoms with E-state index in [4.69, 9.17) is 9.84 Å². The van der Waals surface area contributed by atoms with Crippen LogP contribution in [0.5, 0.6) is 0 Å². The second kappa shape index (κ2) is 12.0. The van der Waals surface area contributed by atoms with Gasteiger partial charge >= 0.3 is 0 Å². The summed E-state index contributed by atoms with van der Waals surface area (Å²) in [6.07, 6.45) is 5.91. The van der Waals surface area contributed by atoms with E-state index in [1.54, 1.807) is 0 Å². The van der Waals surface area contributed by atoms with Gasteiger partial charge in [0.05, 0.1) is 6.61 Å². The minimum absolute atomic E-state index is 0.200. The van der Waals surface area contributed by atoms with Crippen molar-refractivity contribution in [3.05, 3.63) is 0 Å². The van der Waals surface area contributed by atoms with E-state index in [1.165, 1.54) is 25.7 Å². The number of aliphatic hydroxyl groups excluding tert-OH is 1. The Bertz CT molecular complexity index is 120. The zero-order valence-electron chi connectivity index (χ0n) is 10.3. The van der Waals surface area contributed by atoms with Crippen LogP contribution in [0.15, 0.2) is 0 Å². The van der Waals surface area contributed by atoms with Gasteiger partial charge in [0.15, 0.2) is 0 Å². The summed E-state index contributed by atoms with van der Waals surface area (Å²) in [5, 5.41) is 12.2. The van der Waals surface area contributed by atoms with E-state index in [1.807, 2.05) is 6.92 Å². The third-order valence-electron chi connectivity index (χ3n) is 2.47. The maximum Gasteiger partial charge on any atom is 0.0585 e. The summed E-state index contributed by atoms with van der Waals surface area (Å²) in [6.45, 7) is 6.99. The van der Waals surface area contributed by atoms with Gasteiger partial charge in [0.2, 0.25) is 0 Å². The second-order valence-corrected chi connectivity index (χ2v) is 3.90. The van der Waals surface area contributed by atoms with Crippen molar-refractivity contribution >= 4 is 0 Å². The van der Waals surface area contributed by atoms with Crippen molar-refractivity contribution in [1.82, 2.24) is 5.32 Å². The zero-order chi connectivity index (χ0) is 11.4. The van der Waals surface area contributed by atoms with Crippen LogP contribution in [0, 0.1) is 0 Å². The van der Waals surface area contributed by atoms with Gasteiger partial charge in [0.1, 0.15) is 0 Å². The number of aliphatic hydroxyl groups is 1. The van der Waals surface area contributed by atoms with Crippen LogP contribution in [0.25, 0.3) is 0 Å². The van der Waals surface area contributed by atoms with Crippen LogP contribution < -0.4 is 5.32 Å². The van der Waals surface area contributed by atoms with Gasteiger partial charge in [0, 0.05) is 19.3 Å². The fourth-order valence-electron chi connectivity index (χ4n) is 1.51. The monoisotopic (exact) mass is 217 g/mol. The highest BCUT2D eigenvalue weighted by molar-refractivity contribution is 4.63. The molecule has 0 fully saturated rings. The van der Waals surface area contributed by atoms with Crippen molar-refractivity contribution in [3.8, 4) is 0 Å². The molecule has 92 valence electrons. The molecule has 0 rings (SSSR count). The van der Waals surface area contributed by atoms with E-state index in [0.29, 0.717) is 0 Å². The summed E-state index contributed by atoms with van der Waals surface area (Å²) in [5.41, 5.74) is 0. The molecule has 3 nitrogen and oxygen atoms in total. The number of unbranched alkanes of at least 4 members (excludes halogenated alkanes) is 3. The third-order valence-corrected chi connectivity index (χ3v) is 2.47. The zero-order valence-corrected chi connectivity index (χ0v) is 10.3. The van der Waals surface area contributed by atoms with Crippen LogP contribution in [-0.4, -0.2) is 37.5 Å². The quantitative estimate of drug-likeness (QED) is 0.520. The first-order chi connectivity index (χ1) is 7.35. The Balaban J connectivity index is 3.14. The number of rotatable bonds is 11. The standard InChI is InChI=1S/C12H27NO2/c1-3-5-6-7-9-15-10-8-12(11-14)13-4-2/h12-14H,3-11H2,1-2H3. The first kappa shape index (κ1) is 14.9. The normalized spacial score (nSPS) is 13.0. The molecule has 1 unspecified atom stereocenters. The molecular weight excluding hydrogens is 190 g/mol. The highest BCUT2D eigenvalue weighted by Crippen LogP contribution is 1.99. The molecule has 3 heteroatoms. The molecule has 0 heterocycles. The van der Waals surface area contributed by atoms with Gasteiger partial charge in [-0.15, -0.1) is 0 Å². The van der Waals surface area contributed by atoms with Crippen molar-refractivity contribution < 1.29 is 9.84 Å². The van der Waals surface area contributed by atoms with Crippen LogP contribution >= 0.6 is 0 Å². The molecule has 0 saturated heterocycles. The second-order valence-electron chi connectivity index (χ2n) is 3.90. The molecule has 0 radical (unpaired) electrons. The SMILES string of the molecule is CCCCCCOCCC(CO)NCC. The summed E-state index contributed by atoms with van der Waals surface area (Å²) in [4.78, 5) is 0. The van der Waals surface area contributed by atoms with Gasteiger partial charge in [0.25, 0.3) is 0 Å².